The molecular formula is C18H14N2O2. The Balaban J connectivity index is 1.96. The first-order chi connectivity index (χ1) is 10.7. The summed E-state index contributed by atoms with van der Waals surface area (Å²) in [5.74, 6) is -0.182. The van der Waals surface area contributed by atoms with Gasteiger partial charge >= 0.3 is 0 Å². The van der Waals surface area contributed by atoms with Crippen molar-refractivity contribution < 1.29 is 9.90 Å². The lowest BCUT2D eigenvalue weighted by Crippen LogP contribution is -2.27. The molecule has 0 saturated heterocycles. The zero-order valence-corrected chi connectivity index (χ0v) is 12.0. The van der Waals surface area contributed by atoms with Gasteiger partial charge in [-0.1, -0.05) is 36.4 Å². The minimum atomic E-state index is -0.964. The van der Waals surface area contributed by atoms with Crippen molar-refractivity contribution in [3.8, 4) is 0 Å². The number of fused-ring (bicyclic) bond motifs is 2. The summed E-state index contributed by atoms with van der Waals surface area (Å²) in [6.07, 6.45) is -0.964. The number of amides is 1. The second-order valence-corrected chi connectivity index (χ2v) is 5.44. The highest BCUT2D eigenvalue weighted by Crippen LogP contribution is 2.38. The Hall–Kier alpha value is -2.72. The Morgan fingerprint density at radius 2 is 1.82 bits per heavy atom. The average molecular weight is 290 g/mol. The van der Waals surface area contributed by atoms with Gasteiger partial charge in [0, 0.05) is 22.2 Å². The van der Waals surface area contributed by atoms with E-state index in [1.807, 2.05) is 49.4 Å². The molecule has 1 unspecified atom stereocenters. The smallest absolute Gasteiger partial charge is 0.261 e. The number of para-hydroxylation sites is 1. The third-order valence-electron chi connectivity index (χ3n) is 4.01. The molecule has 1 atom stereocenters. The van der Waals surface area contributed by atoms with Gasteiger partial charge in [0.05, 0.1) is 11.2 Å². The third kappa shape index (κ3) is 1.74. The van der Waals surface area contributed by atoms with E-state index in [1.165, 1.54) is 4.90 Å². The monoisotopic (exact) mass is 290 g/mol. The molecule has 1 amide bonds. The van der Waals surface area contributed by atoms with Crippen molar-refractivity contribution in [2.75, 3.05) is 4.90 Å². The van der Waals surface area contributed by atoms with Crippen LogP contribution in [0.25, 0.3) is 10.9 Å². The first kappa shape index (κ1) is 13.0. The van der Waals surface area contributed by atoms with E-state index in [0.717, 1.165) is 16.6 Å². The van der Waals surface area contributed by atoms with Crippen molar-refractivity contribution in [2.45, 2.75) is 13.2 Å². The minimum Gasteiger partial charge on any atom is -0.369 e. The fraction of sp³-hybridized carbons (Fsp3) is 0.111. The standard InChI is InChI=1S/C18H14N2O2/c1-11-10-16(14-8-4-5-9-15(14)19-11)20-17(21)12-6-2-3-7-13(12)18(20)22/h2-10,17,21H,1H3. The largest absolute Gasteiger partial charge is 0.369 e. The summed E-state index contributed by atoms with van der Waals surface area (Å²) in [5, 5.41) is 11.5. The predicted molar refractivity (Wildman–Crippen MR) is 84.7 cm³/mol. The first-order valence-corrected chi connectivity index (χ1v) is 7.14. The van der Waals surface area contributed by atoms with Crippen LogP contribution in [-0.4, -0.2) is 16.0 Å². The molecule has 2 aromatic carbocycles. The lowest BCUT2D eigenvalue weighted by molar-refractivity contribution is 0.0936. The number of nitrogens with zero attached hydrogens (tertiary/aromatic N) is 2. The van der Waals surface area contributed by atoms with Gasteiger partial charge in [-0.05, 0) is 25.1 Å². The van der Waals surface area contributed by atoms with Crippen LogP contribution in [0.5, 0.6) is 0 Å². The number of pyridine rings is 1. The van der Waals surface area contributed by atoms with Gasteiger partial charge in [-0.3, -0.25) is 14.7 Å². The van der Waals surface area contributed by atoms with E-state index in [0.29, 0.717) is 16.8 Å². The lowest BCUT2D eigenvalue weighted by Gasteiger charge is -2.23. The van der Waals surface area contributed by atoms with E-state index in [9.17, 15) is 9.90 Å². The second-order valence-electron chi connectivity index (χ2n) is 5.44. The highest BCUT2D eigenvalue weighted by molar-refractivity contribution is 6.14. The van der Waals surface area contributed by atoms with Crippen LogP contribution < -0.4 is 4.90 Å². The summed E-state index contributed by atoms with van der Waals surface area (Å²) in [6, 6.07) is 16.7. The van der Waals surface area contributed by atoms with Crippen molar-refractivity contribution in [3.63, 3.8) is 0 Å². The molecule has 0 radical (unpaired) electrons. The number of aliphatic hydroxyl groups excluding tert-OH is 1. The number of hydrogen-bond acceptors (Lipinski definition) is 3. The molecule has 0 fully saturated rings. The number of carbonyl (C=O) groups excluding carboxylic acids is 1. The van der Waals surface area contributed by atoms with Crippen molar-refractivity contribution in [1.29, 1.82) is 0 Å². The summed E-state index contributed by atoms with van der Waals surface area (Å²) < 4.78 is 0. The van der Waals surface area contributed by atoms with E-state index in [4.69, 9.17) is 0 Å². The molecule has 4 nitrogen and oxygen atoms in total. The maximum atomic E-state index is 12.7. The van der Waals surface area contributed by atoms with Gasteiger partial charge in [0.1, 0.15) is 0 Å². The molecule has 2 heterocycles. The number of aliphatic hydroxyl groups is 1. The molecule has 1 N–H and O–H groups in total. The van der Waals surface area contributed by atoms with Crippen molar-refractivity contribution >= 4 is 22.5 Å². The summed E-state index contributed by atoms with van der Waals surface area (Å²) >= 11 is 0. The van der Waals surface area contributed by atoms with E-state index >= 15 is 0 Å². The molecule has 3 aromatic rings. The fourth-order valence-electron chi connectivity index (χ4n) is 3.02. The lowest BCUT2D eigenvalue weighted by atomic mass is 10.1. The van der Waals surface area contributed by atoms with Crippen LogP contribution in [0.4, 0.5) is 5.69 Å². The summed E-state index contributed by atoms with van der Waals surface area (Å²) in [7, 11) is 0. The predicted octanol–water partition coefficient (Wildman–Crippen LogP) is 3.19. The molecule has 108 valence electrons. The van der Waals surface area contributed by atoms with Crippen LogP contribution in [0.2, 0.25) is 0 Å². The van der Waals surface area contributed by atoms with Gasteiger partial charge < -0.3 is 5.11 Å². The van der Waals surface area contributed by atoms with Gasteiger partial charge in [0.2, 0.25) is 0 Å². The van der Waals surface area contributed by atoms with Gasteiger partial charge in [-0.25, -0.2) is 0 Å². The minimum absolute atomic E-state index is 0.182. The summed E-state index contributed by atoms with van der Waals surface area (Å²) in [4.78, 5) is 18.6. The van der Waals surface area contributed by atoms with Crippen LogP contribution in [0.3, 0.4) is 0 Å². The maximum absolute atomic E-state index is 12.7. The quantitative estimate of drug-likeness (QED) is 0.749. The normalized spacial score (nSPS) is 17.1. The van der Waals surface area contributed by atoms with Crippen LogP contribution in [-0.2, 0) is 0 Å². The molecule has 0 bridgehead atoms. The molecule has 0 spiro atoms. The Bertz CT molecular complexity index is 904. The Kier molecular flexibility index (Phi) is 2.74. The molecule has 4 rings (SSSR count). The zero-order valence-electron chi connectivity index (χ0n) is 12.0. The van der Waals surface area contributed by atoms with Crippen molar-refractivity contribution in [2.24, 2.45) is 0 Å². The number of benzene rings is 2. The summed E-state index contributed by atoms with van der Waals surface area (Å²) in [6.45, 7) is 1.88. The van der Waals surface area contributed by atoms with Gasteiger partial charge in [-0.15, -0.1) is 0 Å². The summed E-state index contributed by atoms with van der Waals surface area (Å²) in [5.41, 5.74) is 3.51. The SMILES string of the molecule is Cc1cc(N2C(=O)c3ccccc3C2O)c2ccccc2n1. The van der Waals surface area contributed by atoms with Crippen molar-refractivity contribution in [1.82, 2.24) is 4.98 Å². The highest BCUT2D eigenvalue weighted by atomic mass is 16.3. The third-order valence-corrected chi connectivity index (χ3v) is 4.01. The average Bonchev–Trinajstić information content (AvgIpc) is 2.78. The van der Waals surface area contributed by atoms with Crippen LogP contribution >= 0.6 is 0 Å². The number of aromatic nitrogens is 1. The molecule has 1 aromatic heterocycles. The fourth-order valence-corrected chi connectivity index (χ4v) is 3.02. The topological polar surface area (TPSA) is 53.4 Å². The zero-order chi connectivity index (χ0) is 15.3. The van der Waals surface area contributed by atoms with E-state index < -0.39 is 6.23 Å². The highest BCUT2D eigenvalue weighted by Gasteiger charge is 2.37. The Labute approximate surface area is 127 Å². The molecular weight excluding hydrogens is 276 g/mol. The van der Waals surface area contributed by atoms with Gasteiger partial charge in [0.15, 0.2) is 6.23 Å². The van der Waals surface area contributed by atoms with E-state index in [-0.39, 0.29) is 5.91 Å². The van der Waals surface area contributed by atoms with Gasteiger partial charge in [-0.2, -0.15) is 0 Å². The van der Waals surface area contributed by atoms with Crippen LogP contribution in [0.15, 0.2) is 54.6 Å². The number of aryl methyl sites for hydroxylation is 1. The van der Waals surface area contributed by atoms with Crippen LogP contribution in [0.1, 0.15) is 27.8 Å². The molecule has 1 aliphatic heterocycles. The maximum Gasteiger partial charge on any atom is 0.261 e. The number of carbonyl (C=O) groups is 1. The molecule has 0 saturated carbocycles. The van der Waals surface area contributed by atoms with E-state index in [2.05, 4.69) is 4.98 Å². The number of rotatable bonds is 1. The first-order valence-electron chi connectivity index (χ1n) is 7.14. The Morgan fingerprint density at radius 3 is 2.64 bits per heavy atom. The molecule has 0 aliphatic carbocycles. The van der Waals surface area contributed by atoms with E-state index in [1.54, 1.807) is 12.1 Å². The molecule has 1 aliphatic rings. The molecule has 22 heavy (non-hydrogen) atoms. The second kappa shape index (κ2) is 4.64. The van der Waals surface area contributed by atoms with Crippen molar-refractivity contribution in [3.05, 3.63) is 71.4 Å². The van der Waals surface area contributed by atoms with Crippen LogP contribution in [0, 0.1) is 6.92 Å². The Morgan fingerprint density at radius 1 is 1.09 bits per heavy atom. The number of hydrogen-bond donors (Lipinski definition) is 1. The number of anilines is 1. The molecule has 4 heteroatoms. The van der Waals surface area contributed by atoms with Gasteiger partial charge in [0.25, 0.3) is 5.91 Å².